The van der Waals surface area contributed by atoms with Crippen molar-refractivity contribution < 1.29 is 23.5 Å². The van der Waals surface area contributed by atoms with Gasteiger partial charge in [0, 0.05) is 18.7 Å². The second-order valence-electron chi connectivity index (χ2n) is 7.23. The minimum Gasteiger partial charge on any atom is -0.450 e. The smallest absolute Gasteiger partial charge is 0.291 e. The normalized spacial score (nSPS) is 19.8. The van der Waals surface area contributed by atoms with E-state index in [-0.39, 0.29) is 28.8 Å². The van der Waals surface area contributed by atoms with Crippen LogP contribution in [0.3, 0.4) is 0 Å². The molecule has 5 rings (SSSR count). The molecule has 0 aliphatic carbocycles. The van der Waals surface area contributed by atoms with Crippen molar-refractivity contribution in [3.8, 4) is 0 Å². The van der Waals surface area contributed by atoms with Crippen molar-refractivity contribution in [1.29, 1.82) is 0 Å². The first-order chi connectivity index (χ1) is 14.5. The number of fused-ring (bicyclic) bond motifs is 5. The standard InChI is InChI=1S/C22H17FN2O5/c1-2-24-15-6-4-3-5-14(15)22(21(24)29)17-18(27)13-11-12(23)7-8-16(13)30-19(17)20(28)25(22)9-10-26/h3-8,11,26H,2,9-10H2,1H3. The van der Waals surface area contributed by atoms with Gasteiger partial charge in [0.15, 0.2) is 11.0 Å². The number of likely N-dealkylation sites (N-methyl/N-ethyl adjacent to an activating group) is 1. The van der Waals surface area contributed by atoms with Gasteiger partial charge in [-0.25, -0.2) is 4.39 Å². The van der Waals surface area contributed by atoms with Gasteiger partial charge < -0.3 is 19.3 Å². The molecule has 1 unspecified atom stereocenters. The van der Waals surface area contributed by atoms with Crippen molar-refractivity contribution in [3.63, 3.8) is 0 Å². The summed E-state index contributed by atoms with van der Waals surface area (Å²) in [6, 6.07) is 10.4. The minimum absolute atomic E-state index is 0.0491. The maximum atomic E-state index is 13.9. The van der Waals surface area contributed by atoms with Crippen molar-refractivity contribution in [2.75, 3.05) is 24.6 Å². The van der Waals surface area contributed by atoms with Crippen LogP contribution in [0.5, 0.6) is 0 Å². The van der Waals surface area contributed by atoms with E-state index in [0.717, 1.165) is 12.1 Å². The molecule has 1 aromatic heterocycles. The zero-order valence-corrected chi connectivity index (χ0v) is 16.0. The lowest BCUT2D eigenvalue weighted by atomic mass is 9.84. The Morgan fingerprint density at radius 1 is 1.13 bits per heavy atom. The molecule has 152 valence electrons. The number of aliphatic hydroxyl groups is 1. The van der Waals surface area contributed by atoms with Gasteiger partial charge in [-0.15, -0.1) is 0 Å². The van der Waals surface area contributed by atoms with Crippen molar-refractivity contribution in [3.05, 3.63) is 75.4 Å². The van der Waals surface area contributed by atoms with E-state index in [1.165, 1.54) is 15.9 Å². The number of hydrogen-bond acceptors (Lipinski definition) is 5. The molecule has 3 aromatic rings. The second-order valence-corrected chi connectivity index (χ2v) is 7.23. The van der Waals surface area contributed by atoms with E-state index in [4.69, 9.17) is 4.42 Å². The van der Waals surface area contributed by atoms with Crippen molar-refractivity contribution in [2.24, 2.45) is 0 Å². The lowest BCUT2D eigenvalue weighted by Crippen LogP contribution is -2.54. The third kappa shape index (κ3) is 2.03. The van der Waals surface area contributed by atoms with Crippen LogP contribution < -0.4 is 10.3 Å². The quantitative estimate of drug-likeness (QED) is 0.716. The Morgan fingerprint density at radius 2 is 1.90 bits per heavy atom. The van der Waals surface area contributed by atoms with Crippen LogP contribution in [0.4, 0.5) is 10.1 Å². The van der Waals surface area contributed by atoms with E-state index in [2.05, 4.69) is 0 Å². The molecule has 1 atom stereocenters. The molecular formula is C22H17FN2O5. The van der Waals surface area contributed by atoms with Gasteiger partial charge in [-0.1, -0.05) is 18.2 Å². The van der Waals surface area contributed by atoms with Crippen molar-refractivity contribution in [2.45, 2.75) is 12.5 Å². The van der Waals surface area contributed by atoms with E-state index in [1.807, 2.05) is 0 Å². The average Bonchev–Trinajstić information content (AvgIpc) is 3.14. The van der Waals surface area contributed by atoms with Gasteiger partial charge in [-0.05, 0) is 31.2 Å². The highest BCUT2D eigenvalue weighted by atomic mass is 19.1. The molecule has 2 aliphatic heterocycles. The lowest BCUT2D eigenvalue weighted by molar-refractivity contribution is -0.126. The van der Waals surface area contributed by atoms with Gasteiger partial charge in [0.25, 0.3) is 11.8 Å². The molecule has 3 heterocycles. The van der Waals surface area contributed by atoms with Gasteiger partial charge in [-0.3, -0.25) is 14.4 Å². The number of rotatable bonds is 3. The zero-order chi connectivity index (χ0) is 21.2. The fraction of sp³-hybridized carbons (Fsp3) is 0.227. The number of amides is 2. The van der Waals surface area contributed by atoms with Crippen molar-refractivity contribution in [1.82, 2.24) is 4.90 Å². The summed E-state index contributed by atoms with van der Waals surface area (Å²) in [6.45, 7) is 1.53. The Balaban J connectivity index is 1.95. The Hall–Kier alpha value is -3.52. The van der Waals surface area contributed by atoms with Gasteiger partial charge in [0.2, 0.25) is 5.76 Å². The summed E-state index contributed by atoms with van der Waals surface area (Å²) < 4.78 is 19.6. The minimum atomic E-state index is -1.76. The molecule has 0 saturated carbocycles. The van der Waals surface area contributed by atoms with Gasteiger partial charge in [-0.2, -0.15) is 0 Å². The maximum absolute atomic E-state index is 13.9. The molecule has 1 N–H and O–H groups in total. The third-order valence-corrected chi connectivity index (χ3v) is 5.84. The summed E-state index contributed by atoms with van der Waals surface area (Å²) in [5.74, 6) is -2.03. The molecule has 2 amide bonds. The molecule has 0 fully saturated rings. The van der Waals surface area contributed by atoms with E-state index >= 15 is 0 Å². The summed E-state index contributed by atoms with van der Waals surface area (Å²) in [6.07, 6.45) is 0. The van der Waals surface area contributed by atoms with Gasteiger partial charge in [0.05, 0.1) is 23.2 Å². The fourth-order valence-electron chi connectivity index (χ4n) is 4.68. The Morgan fingerprint density at radius 3 is 2.63 bits per heavy atom. The highest BCUT2D eigenvalue weighted by Gasteiger charge is 2.64. The summed E-state index contributed by atoms with van der Waals surface area (Å²) in [4.78, 5) is 43.3. The zero-order valence-electron chi connectivity index (χ0n) is 16.0. The van der Waals surface area contributed by atoms with Gasteiger partial charge >= 0.3 is 0 Å². The number of benzene rings is 2. The molecule has 1 spiro atoms. The topological polar surface area (TPSA) is 91.1 Å². The predicted molar refractivity (Wildman–Crippen MR) is 106 cm³/mol. The SMILES string of the molecule is CCN1C(=O)C2(c3ccccc31)c1c(oc3ccc(F)cc3c1=O)C(=O)N2CCO. The summed E-state index contributed by atoms with van der Waals surface area (Å²) in [5, 5.41) is 9.59. The maximum Gasteiger partial charge on any atom is 0.291 e. The summed E-state index contributed by atoms with van der Waals surface area (Å²) in [7, 11) is 0. The highest BCUT2D eigenvalue weighted by Crippen LogP contribution is 2.52. The second kappa shape index (κ2) is 6.24. The lowest BCUT2D eigenvalue weighted by Gasteiger charge is -2.33. The molecular weight excluding hydrogens is 391 g/mol. The first-order valence-electron chi connectivity index (χ1n) is 9.58. The number of halogens is 1. The molecule has 2 aliphatic rings. The van der Waals surface area contributed by atoms with E-state index in [0.29, 0.717) is 17.8 Å². The first kappa shape index (κ1) is 18.5. The van der Waals surface area contributed by atoms with Crippen LogP contribution in [-0.4, -0.2) is 41.5 Å². The van der Waals surface area contributed by atoms with E-state index < -0.39 is 35.2 Å². The largest absolute Gasteiger partial charge is 0.450 e. The Labute approximate surface area is 169 Å². The molecule has 0 radical (unpaired) electrons. The molecule has 0 saturated heterocycles. The Kier molecular flexibility index (Phi) is 3.85. The van der Waals surface area contributed by atoms with Crippen LogP contribution in [-0.2, 0) is 10.3 Å². The predicted octanol–water partition coefficient (Wildman–Crippen LogP) is 1.99. The molecule has 8 heteroatoms. The molecule has 30 heavy (non-hydrogen) atoms. The van der Waals surface area contributed by atoms with Crippen molar-refractivity contribution >= 4 is 28.5 Å². The number of hydrogen-bond donors (Lipinski definition) is 1. The molecule has 0 bridgehead atoms. The van der Waals surface area contributed by atoms with Crippen LogP contribution in [0, 0.1) is 5.82 Å². The monoisotopic (exact) mass is 408 g/mol. The number of nitrogens with zero attached hydrogens (tertiary/aromatic N) is 2. The molecule has 7 nitrogen and oxygen atoms in total. The third-order valence-electron chi connectivity index (χ3n) is 5.84. The summed E-state index contributed by atoms with van der Waals surface area (Å²) >= 11 is 0. The van der Waals surface area contributed by atoms with E-state index in [1.54, 1.807) is 31.2 Å². The number of para-hydroxylation sites is 1. The highest BCUT2D eigenvalue weighted by molar-refractivity contribution is 6.17. The molecule has 2 aromatic carbocycles. The van der Waals surface area contributed by atoms with Crippen LogP contribution in [0.2, 0.25) is 0 Å². The number of β-amino-alcohol motifs (C(OH)–C–C–N with tert-alkyl or cyclic N) is 1. The number of carbonyl (C=O) groups excluding carboxylic acids is 2. The number of carbonyl (C=O) groups is 2. The fourth-order valence-corrected chi connectivity index (χ4v) is 4.68. The average molecular weight is 408 g/mol. The van der Waals surface area contributed by atoms with Gasteiger partial charge in [0.1, 0.15) is 11.4 Å². The Bertz CT molecular complexity index is 1300. The van der Waals surface area contributed by atoms with Crippen LogP contribution in [0.1, 0.15) is 28.6 Å². The van der Waals surface area contributed by atoms with Crippen LogP contribution >= 0.6 is 0 Å². The number of aliphatic hydroxyl groups excluding tert-OH is 1. The first-order valence-corrected chi connectivity index (χ1v) is 9.58. The van der Waals surface area contributed by atoms with E-state index in [9.17, 15) is 23.9 Å². The van der Waals surface area contributed by atoms with Crippen LogP contribution in [0.15, 0.2) is 51.7 Å². The van der Waals surface area contributed by atoms with Crippen LogP contribution in [0.25, 0.3) is 11.0 Å². The number of anilines is 1. The summed E-state index contributed by atoms with van der Waals surface area (Å²) in [5.41, 5.74) is -1.44.